The van der Waals surface area contributed by atoms with Crippen molar-refractivity contribution in [3.63, 3.8) is 0 Å². The Morgan fingerprint density at radius 2 is 1.89 bits per heavy atom. The Bertz CT molecular complexity index is 511. The minimum Gasteiger partial charge on any atom is -0.464 e. The summed E-state index contributed by atoms with van der Waals surface area (Å²) in [5.74, 6) is -2.11. The van der Waals surface area contributed by atoms with E-state index in [4.69, 9.17) is 4.74 Å². The number of carbonyl (C=O) groups is 3. The van der Waals surface area contributed by atoms with E-state index >= 15 is 0 Å². The van der Waals surface area contributed by atoms with E-state index in [9.17, 15) is 14.4 Å². The van der Waals surface area contributed by atoms with Crippen molar-refractivity contribution in [3.8, 4) is 0 Å². The van der Waals surface area contributed by atoms with Crippen LogP contribution in [0.3, 0.4) is 0 Å². The zero-order valence-corrected chi connectivity index (χ0v) is 10.8. The van der Waals surface area contributed by atoms with Gasteiger partial charge in [-0.05, 0) is 26.0 Å². The van der Waals surface area contributed by atoms with Gasteiger partial charge in [0, 0.05) is 5.69 Å². The van der Waals surface area contributed by atoms with Crippen molar-refractivity contribution in [1.29, 1.82) is 0 Å². The number of anilines is 1. The molecule has 5 nitrogen and oxygen atoms in total. The number of rotatable bonds is 4. The lowest BCUT2D eigenvalue weighted by atomic mass is 9.83. The van der Waals surface area contributed by atoms with E-state index in [0.29, 0.717) is 5.69 Å². The number of ketones is 1. The van der Waals surface area contributed by atoms with Crippen molar-refractivity contribution in [3.05, 3.63) is 30.3 Å². The molecule has 19 heavy (non-hydrogen) atoms. The lowest BCUT2D eigenvalue weighted by Crippen LogP contribution is -2.67. The SMILES string of the molecule is CCOC(=O)[C@H]1[C@@H](C(C)=O)C(=O)N1c1ccccc1. The molecule has 0 aliphatic carbocycles. The first-order chi connectivity index (χ1) is 9.07. The maximum atomic E-state index is 12.0. The average molecular weight is 261 g/mol. The summed E-state index contributed by atoms with van der Waals surface area (Å²) in [4.78, 5) is 36.7. The number of hydrogen-bond acceptors (Lipinski definition) is 4. The highest BCUT2D eigenvalue weighted by Crippen LogP contribution is 2.33. The van der Waals surface area contributed by atoms with Crippen LogP contribution in [0.1, 0.15) is 13.8 Å². The molecule has 0 bridgehead atoms. The van der Waals surface area contributed by atoms with Gasteiger partial charge in [0.05, 0.1) is 6.61 Å². The third-order valence-electron chi connectivity index (χ3n) is 3.10. The Morgan fingerprint density at radius 3 is 2.42 bits per heavy atom. The van der Waals surface area contributed by atoms with Crippen molar-refractivity contribution < 1.29 is 19.1 Å². The zero-order chi connectivity index (χ0) is 14.0. The largest absolute Gasteiger partial charge is 0.464 e. The Hall–Kier alpha value is -2.17. The summed E-state index contributed by atoms with van der Waals surface area (Å²) in [7, 11) is 0. The monoisotopic (exact) mass is 261 g/mol. The molecule has 0 saturated carbocycles. The molecule has 0 aromatic heterocycles. The van der Waals surface area contributed by atoms with Crippen molar-refractivity contribution in [1.82, 2.24) is 0 Å². The predicted molar refractivity (Wildman–Crippen MR) is 68.5 cm³/mol. The molecule has 100 valence electrons. The van der Waals surface area contributed by atoms with Crippen molar-refractivity contribution in [2.45, 2.75) is 19.9 Å². The van der Waals surface area contributed by atoms with Crippen LogP contribution in [0.5, 0.6) is 0 Å². The van der Waals surface area contributed by atoms with Crippen LogP contribution in [0.4, 0.5) is 5.69 Å². The lowest BCUT2D eigenvalue weighted by molar-refractivity contribution is -0.156. The van der Waals surface area contributed by atoms with Crippen LogP contribution < -0.4 is 4.90 Å². The highest BCUT2D eigenvalue weighted by Gasteiger charge is 2.55. The minimum atomic E-state index is -0.917. The minimum absolute atomic E-state index is 0.219. The van der Waals surface area contributed by atoms with E-state index in [0.717, 1.165) is 0 Å². The van der Waals surface area contributed by atoms with Gasteiger partial charge in [-0.3, -0.25) is 14.5 Å². The van der Waals surface area contributed by atoms with E-state index in [-0.39, 0.29) is 18.3 Å². The molecule has 1 heterocycles. The molecule has 1 fully saturated rings. The van der Waals surface area contributed by atoms with Gasteiger partial charge in [0.1, 0.15) is 11.7 Å². The second kappa shape index (κ2) is 5.22. The summed E-state index contributed by atoms with van der Waals surface area (Å²) in [6, 6.07) is 7.96. The summed E-state index contributed by atoms with van der Waals surface area (Å²) >= 11 is 0. The van der Waals surface area contributed by atoms with Crippen LogP contribution in [0, 0.1) is 5.92 Å². The van der Waals surface area contributed by atoms with Crippen LogP contribution in [-0.2, 0) is 19.1 Å². The number of hydrogen-bond donors (Lipinski definition) is 0. The standard InChI is InChI=1S/C14H15NO4/c1-3-19-14(18)12-11(9(2)16)13(17)15(12)10-7-5-4-6-8-10/h4-8,11-12H,3H2,1-2H3/t11-,12-/m1/s1. The molecule has 5 heteroatoms. The second-order valence-corrected chi connectivity index (χ2v) is 4.33. The first-order valence-electron chi connectivity index (χ1n) is 6.13. The molecule has 0 N–H and O–H groups in total. The third kappa shape index (κ3) is 2.23. The second-order valence-electron chi connectivity index (χ2n) is 4.33. The smallest absolute Gasteiger partial charge is 0.330 e. The summed E-state index contributed by atoms with van der Waals surface area (Å²) in [6.07, 6.45) is 0. The molecular weight excluding hydrogens is 246 g/mol. The Balaban J connectivity index is 2.30. The number of β-lactam (4-membered cyclic amide) rings is 1. The van der Waals surface area contributed by atoms with Gasteiger partial charge in [0.15, 0.2) is 6.04 Å². The van der Waals surface area contributed by atoms with E-state index in [1.165, 1.54) is 11.8 Å². The molecule has 1 amide bonds. The fourth-order valence-corrected chi connectivity index (χ4v) is 2.23. The van der Waals surface area contributed by atoms with Crippen molar-refractivity contribution in [2.24, 2.45) is 5.92 Å². The van der Waals surface area contributed by atoms with Gasteiger partial charge in [-0.15, -0.1) is 0 Å². The van der Waals surface area contributed by atoms with Gasteiger partial charge >= 0.3 is 5.97 Å². The molecule has 1 aromatic carbocycles. The van der Waals surface area contributed by atoms with Gasteiger partial charge in [0.2, 0.25) is 5.91 Å². The summed E-state index contributed by atoms with van der Waals surface area (Å²) in [6.45, 7) is 3.22. The molecule has 0 spiro atoms. The molecule has 1 aliphatic heterocycles. The molecule has 1 aromatic rings. The van der Waals surface area contributed by atoms with Crippen molar-refractivity contribution in [2.75, 3.05) is 11.5 Å². The lowest BCUT2D eigenvalue weighted by Gasteiger charge is -2.43. The van der Waals surface area contributed by atoms with Crippen LogP contribution in [-0.4, -0.2) is 30.3 Å². The molecule has 2 rings (SSSR count). The highest BCUT2D eigenvalue weighted by atomic mass is 16.5. The highest BCUT2D eigenvalue weighted by molar-refractivity contribution is 6.20. The Kier molecular flexibility index (Phi) is 3.64. The Labute approximate surface area is 111 Å². The van der Waals surface area contributed by atoms with E-state index < -0.39 is 17.9 Å². The number of carbonyl (C=O) groups excluding carboxylic acids is 3. The summed E-state index contributed by atoms with van der Waals surface area (Å²) < 4.78 is 4.94. The first-order valence-corrected chi connectivity index (χ1v) is 6.13. The molecular formula is C14H15NO4. The Morgan fingerprint density at radius 1 is 1.26 bits per heavy atom. The molecule has 1 aliphatic rings. The summed E-state index contributed by atoms with van der Waals surface area (Å²) in [5.41, 5.74) is 0.600. The van der Waals surface area contributed by atoms with E-state index in [1.54, 1.807) is 31.2 Å². The number of amides is 1. The maximum absolute atomic E-state index is 12.0. The fraction of sp³-hybridized carbons (Fsp3) is 0.357. The zero-order valence-electron chi connectivity index (χ0n) is 10.8. The molecule has 0 unspecified atom stereocenters. The van der Waals surface area contributed by atoms with Gasteiger partial charge < -0.3 is 4.74 Å². The molecule has 1 saturated heterocycles. The maximum Gasteiger partial charge on any atom is 0.330 e. The number of para-hydroxylation sites is 1. The van der Waals surface area contributed by atoms with Gasteiger partial charge in [-0.25, -0.2) is 4.79 Å². The van der Waals surface area contributed by atoms with Crippen LogP contribution >= 0.6 is 0 Å². The van der Waals surface area contributed by atoms with Crippen molar-refractivity contribution >= 4 is 23.3 Å². The fourth-order valence-electron chi connectivity index (χ4n) is 2.23. The van der Waals surface area contributed by atoms with E-state index in [2.05, 4.69) is 0 Å². The topological polar surface area (TPSA) is 63.7 Å². The predicted octanol–water partition coefficient (Wildman–Crippen LogP) is 1.17. The quantitative estimate of drug-likeness (QED) is 0.463. The van der Waals surface area contributed by atoms with E-state index in [1.807, 2.05) is 6.07 Å². The van der Waals surface area contributed by atoms with Gasteiger partial charge in [0.25, 0.3) is 0 Å². The van der Waals surface area contributed by atoms with Gasteiger partial charge in [-0.1, -0.05) is 18.2 Å². The number of benzene rings is 1. The van der Waals surface area contributed by atoms with Crippen LogP contribution in [0.2, 0.25) is 0 Å². The number of Topliss-reactive ketones (excluding diaryl/α,β-unsaturated/α-hetero) is 1. The van der Waals surface area contributed by atoms with Crippen LogP contribution in [0.25, 0.3) is 0 Å². The summed E-state index contributed by atoms with van der Waals surface area (Å²) in [5, 5.41) is 0. The number of nitrogens with zero attached hydrogens (tertiary/aromatic N) is 1. The third-order valence-corrected chi connectivity index (χ3v) is 3.10. The number of esters is 1. The average Bonchev–Trinajstić information content (AvgIpc) is 2.36. The number of ether oxygens (including phenoxy) is 1. The van der Waals surface area contributed by atoms with Crippen LogP contribution in [0.15, 0.2) is 30.3 Å². The molecule has 0 radical (unpaired) electrons. The normalized spacial score (nSPS) is 21.8. The molecule has 2 atom stereocenters. The van der Waals surface area contributed by atoms with Gasteiger partial charge in [-0.2, -0.15) is 0 Å². The first kappa shape index (κ1) is 13.3.